The quantitative estimate of drug-likeness (QED) is 0.917. The second-order valence-corrected chi connectivity index (χ2v) is 6.62. The van der Waals surface area contributed by atoms with E-state index in [9.17, 15) is 4.79 Å². The maximum absolute atomic E-state index is 11.0. The summed E-state index contributed by atoms with van der Waals surface area (Å²) in [6.45, 7) is 6.28. The van der Waals surface area contributed by atoms with Gasteiger partial charge in [0, 0.05) is 26.2 Å². The van der Waals surface area contributed by atoms with Crippen LogP contribution < -0.4 is 5.32 Å². The van der Waals surface area contributed by atoms with Crippen molar-refractivity contribution < 1.29 is 4.79 Å². The number of nitrogens with one attached hydrogen (secondary N) is 1. The topological polar surface area (TPSA) is 45.2 Å². The zero-order valence-corrected chi connectivity index (χ0v) is 14.5. The highest BCUT2D eigenvalue weighted by molar-refractivity contribution is 5.72. The number of rotatable bonds is 5. The summed E-state index contributed by atoms with van der Waals surface area (Å²) < 4.78 is 0. The van der Waals surface area contributed by atoms with Gasteiger partial charge in [0.25, 0.3) is 0 Å². The van der Waals surface area contributed by atoms with Gasteiger partial charge >= 0.3 is 0 Å². The molecule has 24 heavy (non-hydrogen) atoms. The minimum absolute atomic E-state index is 0.0147. The summed E-state index contributed by atoms with van der Waals surface area (Å²) in [6.07, 6.45) is 4.25. The second-order valence-electron chi connectivity index (χ2n) is 6.62. The maximum Gasteiger partial charge on any atom is 0.217 e. The third kappa shape index (κ3) is 4.20. The Balaban J connectivity index is 1.66. The van der Waals surface area contributed by atoms with Crippen LogP contribution in [0, 0.1) is 6.92 Å². The second kappa shape index (κ2) is 7.58. The minimum Gasteiger partial charge on any atom is -0.352 e. The number of likely N-dealkylation sites (tertiary alicyclic amines) is 1. The predicted molar refractivity (Wildman–Crippen MR) is 95.3 cm³/mol. The lowest BCUT2D eigenvalue weighted by Crippen LogP contribution is -2.23. The number of hydrogen-bond donors (Lipinski definition) is 1. The van der Waals surface area contributed by atoms with Gasteiger partial charge in [0.15, 0.2) is 0 Å². The molecule has 1 aromatic heterocycles. The first-order valence-corrected chi connectivity index (χ1v) is 8.60. The highest BCUT2D eigenvalue weighted by atomic mass is 16.1. The van der Waals surface area contributed by atoms with Crippen molar-refractivity contribution in [3.8, 4) is 0 Å². The molecule has 0 radical (unpaired) electrons. The summed E-state index contributed by atoms with van der Waals surface area (Å²) in [6, 6.07) is 13.4. The van der Waals surface area contributed by atoms with Crippen LogP contribution in [0.1, 0.15) is 48.2 Å². The molecule has 1 aliphatic rings. The van der Waals surface area contributed by atoms with Gasteiger partial charge in [-0.15, -0.1) is 0 Å². The van der Waals surface area contributed by atoms with E-state index >= 15 is 0 Å². The average Bonchev–Trinajstić information content (AvgIpc) is 3.03. The summed E-state index contributed by atoms with van der Waals surface area (Å²) in [4.78, 5) is 18.2. The third-order valence-corrected chi connectivity index (χ3v) is 4.60. The number of pyridine rings is 1. The van der Waals surface area contributed by atoms with Crippen molar-refractivity contribution in [2.24, 2.45) is 0 Å². The Bertz CT molecular complexity index is 679. The van der Waals surface area contributed by atoms with Gasteiger partial charge in [-0.1, -0.05) is 35.9 Å². The molecule has 0 aliphatic carbocycles. The summed E-state index contributed by atoms with van der Waals surface area (Å²) in [5, 5.41) is 2.81. The highest BCUT2D eigenvalue weighted by Gasteiger charge is 2.26. The zero-order chi connectivity index (χ0) is 16.9. The number of aromatic nitrogens is 1. The van der Waals surface area contributed by atoms with Crippen LogP contribution in [0.5, 0.6) is 0 Å². The maximum atomic E-state index is 11.0. The largest absolute Gasteiger partial charge is 0.352 e. The number of amides is 1. The molecule has 2 heterocycles. The SMILES string of the molecule is CC(=O)NCc1ccc([C@@H]2CCCN2Cc2ccc(C)cc2)nc1. The molecule has 1 atom stereocenters. The third-order valence-electron chi connectivity index (χ3n) is 4.60. The van der Waals surface area contributed by atoms with Gasteiger partial charge in [0.1, 0.15) is 0 Å². The molecule has 2 aromatic rings. The van der Waals surface area contributed by atoms with Gasteiger partial charge in [0.05, 0.1) is 11.7 Å². The smallest absolute Gasteiger partial charge is 0.217 e. The van der Waals surface area contributed by atoms with Crippen LogP contribution in [0.3, 0.4) is 0 Å². The molecule has 0 bridgehead atoms. The normalized spacial score (nSPS) is 17.8. The first-order chi connectivity index (χ1) is 11.6. The molecule has 1 aromatic carbocycles. The number of carbonyl (C=O) groups is 1. The molecule has 1 amide bonds. The average molecular weight is 323 g/mol. The van der Waals surface area contributed by atoms with Crippen LogP contribution in [0.4, 0.5) is 0 Å². The van der Waals surface area contributed by atoms with E-state index < -0.39 is 0 Å². The van der Waals surface area contributed by atoms with Crippen LogP contribution in [0.25, 0.3) is 0 Å². The molecule has 0 spiro atoms. The van der Waals surface area contributed by atoms with E-state index in [-0.39, 0.29) is 5.91 Å². The lowest BCUT2D eigenvalue weighted by Gasteiger charge is -2.24. The fraction of sp³-hybridized carbons (Fsp3) is 0.400. The molecule has 1 fully saturated rings. The van der Waals surface area contributed by atoms with Gasteiger partial charge < -0.3 is 5.32 Å². The summed E-state index contributed by atoms with van der Waals surface area (Å²) in [5.74, 6) is -0.0147. The molecule has 4 heteroatoms. The Kier molecular flexibility index (Phi) is 5.26. The number of benzene rings is 1. The van der Waals surface area contributed by atoms with Crippen molar-refractivity contribution >= 4 is 5.91 Å². The highest BCUT2D eigenvalue weighted by Crippen LogP contribution is 2.32. The summed E-state index contributed by atoms with van der Waals surface area (Å²) >= 11 is 0. The fourth-order valence-corrected chi connectivity index (χ4v) is 3.24. The molecule has 4 nitrogen and oxygen atoms in total. The molecule has 126 valence electrons. The Hall–Kier alpha value is -2.20. The van der Waals surface area contributed by atoms with E-state index in [4.69, 9.17) is 0 Å². The number of aryl methyl sites for hydroxylation is 1. The first kappa shape index (κ1) is 16.7. The van der Waals surface area contributed by atoms with Crippen LogP contribution in [-0.4, -0.2) is 22.3 Å². The molecule has 1 saturated heterocycles. The van der Waals surface area contributed by atoms with E-state index in [0.29, 0.717) is 12.6 Å². The Morgan fingerprint density at radius 3 is 2.62 bits per heavy atom. The summed E-state index contributed by atoms with van der Waals surface area (Å²) in [7, 11) is 0. The van der Waals surface area contributed by atoms with Crippen molar-refractivity contribution in [2.45, 2.75) is 45.8 Å². The van der Waals surface area contributed by atoms with Crippen molar-refractivity contribution in [3.63, 3.8) is 0 Å². The molecular weight excluding hydrogens is 298 g/mol. The molecule has 1 aliphatic heterocycles. The summed E-state index contributed by atoms with van der Waals surface area (Å²) in [5.41, 5.74) is 4.83. The van der Waals surface area contributed by atoms with Gasteiger partial charge in [-0.25, -0.2) is 0 Å². The van der Waals surface area contributed by atoms with E-state index in [1.165, 1.54) is 24.5 Å². The van der Waals surface area contributed by atoms with Gasteiger partial charge in [0.2, 0.25) is 5.91 Å². The number of carbonyl (C=O) groups excluding carboxylic acids is 1. The van der Waals surface area contributed by atoms with Crippen molar-refractivity contribution in [1.82, 2.24) is 15.2 Å². The van der Waals surface area contributed by atoms with E-state index in [1.807, 2.05) is 6.20 Å². The Labute approximate surface area is 143 Å². The van der Waals surface area contributed by atoms with Crippen molar-refractivity contribution in [3.05, 3.63) is 65.0 Å². The van der Waals surface area contributed by atoms with Crippen LogP contribution in [0.15, 0.2) is 42.6 Å². The molecular formula is C20H25N3O. The molecule has 0 unspecified atom stereocenters. The molecule has 1 N–H and O–H groups in total. The number of hydrogen-bond acceptors (Lipinski definition) is 3. The minimum atomic E-state index is -0.0147. The standard InChI is InChI=1S/C20H25N3O/c1-15-5-7-17(8-6-15)14-23-11-3-4-20(23)19-10-9-18(13-22-19)12-21-16(2)24/h5-10,13,20H,3-4,11-12,14H2,1-2H3,(H,21,24)/t20-/m0/s1. The zero-order valence-electron chi connectivity index (χ0n) is 14.5. The molecule has 3 rings (SSSR count). The Morgan fingerprint density at radius 1 is 1.21 bits per heavy atom. The van der Waals surface area contributed by atoms with Crippen molar-refractivity contribution in [2.75, 3.05) is 6.54 Å². The number of nitrogens with zero attached hydrogens (tertiary/aromatic N) is 2. The van der Waals surface area contributed by atoms with Crippen molar-refractivity contribution in [1.29, 1.82) is 0 Å². The monoisotopic (exact) mass is 323 g/mol. The lowest BCUT2D eigenvalue weighted by atomic mass is 10.1. The Morgan fingerprint density at radius 2 is 1.96 bits per heavy atom. The fourth-order valence-electron chi connectivity index (χ4n) is 3.24. The van der Waals surface area contributed by atoms with E-state index in [1.54, 1.807) is 0 Å². The molecule has 0 saturated carbocycles. The lowest BCUT2D eigenvalue weighted by molar-refractivity contribution is -0.119. The van der Waals surface area contributed by atoms with Gasteiger partial charge in [-0.05, 0) is 43.5 Å². The van der Waals surface area contributed by atoms with Crippen LogP contribution >= 0.6 is 0 Å². The van der Waals surface area contributed by atoms with E-state index in [0.717, 1.165) is 30.8 Å². The van der Waals surface area contributed by atoms with E-state index in [2.05, 4.69) is 58.5 Å². The predicted octanol–water partition coefficient (Wildman–Crippen LogP) is 3.36. The van der Waals surface area contributed by atoms with Crippen LogP contribution in [0.2, 0.25) is 0 Å². The van der Waals surface area contributed by atoms with Gasteiger partial charge in [-0.3, -0.25) is 14.7 Å². The van der Waals surface area contributed by atoms with Crippen LogP contribution in [-0.2, 0) is 17.9 Å². The first-order valence-electron chi connectivity index (χ1n) is 8.60. The van der Waals surface area contributed by atoms with Gasteiger partial charge in [-0.2, -0.15) is 0 Å².